The molecule has 0 bridgehead atoms. The fourth-order valence-electron chi connectivity index (χ4n) is 2.00. The predicted octanol–water partition coefficient (Wildman–Crippen LogP) is 3.43. The lowest BCUT2D eigenvalue weighted by Gasteiger charge is -2.40. The van der Waals surface area contributed by atoms with Crippen LogP contribution in [0.1, 0.15) is 37.8 Å². The van der Waals surface area contributed by atoms with E-state index < -0.39 is 23.4 Å². The Morgan fingerprint density at radius 3 is 2.43 bits per heavy atom. The van der Waals surface area contributed by atoms with Crippen molar-refractivity contribution in [2.75, 3.05) is 13.1 Å². The Morgan fingerprint density at radius 1 is 1.29 bits per heavy atom. The van der Waals surface area contributed by atoms with Gasteiger partial charge in [0, 0.05) is 31.4 Å². The number of amides is 1. The molecule has 1 fully saturated rings. The summed E-state index contributed by atoms with van der Waals surface area (Å²) in [7, 11) is 0. The summed E-state index contributed by atoms with van der Waals surface area (Å²) in [6.07, 6.45) is -2.64. The van der Waals surface area contributed by atoms with E-state index in [9.17, 15) is 18.0 Å². The first kappa shape index (κ1) is 15.6. The molecule has 0 unspecified atom stereocenters. The number of ether oxygens (including phenoxy) is 1. The molecule has 1 aliphatic rings. The molecule has 1 saturated heterocycles. The minimum atomic E-state index is -4.41. The van der Waals surface area contributed by atoms with Gasteiger partial charge in [-0.05, 0) is 32.4 Å². The Kier molecular flexibility index (Phi) is 3.86. The number of carbonyl (C=O) groups is 1. The number of aromatic nitrogens is 1. The number of hydrogen-bond acceptors (Lipinski definition) is 3. The van der Waals surface area contributed by atoms with Crippen LogP contribution in [0, 0.1) is 0 Å². The average Bonchev–Trinajstić information content (AvgIpc) is 2.23. The van der Waals surface area contributed by atoms with Gasteiger partial charge in [0.05, 0.1) is 5.56 Å². The van der Waals surface area contributed by atoms with Gasteiger partial charge in [-0.3, -0.25) is 4.98 Å². The molecule has 21 heavy (non-hydrogen) atoms. The third-order valence-electron chi connectivity index (χ3n) is 3.09. The standard InChI is InChI=1S/C14H17F3N2O2/c1-13(2,3)21-12(20)19-7-10(8-19)9-4-11(6-18-5-9)14(15,16)17/h4-6,10H,7-8H2,1-3H3. The van der Waals surface area contributed by atoms with Gasteiger partial charge >= 0.3 is 12.3 Å². The largest absolute Gasteiger partial charge is 0.444 e. The van der Waals surface area contributed by atoms with E-state index >= 15 is 0 Å². The molecule has 2 rings (SSSR count). The second kappa shape index (κ2) is 5.20. The zero-order valence-corrected chi connectivity index (χ0v) is 12.1. The minimum absolute atomic E-state index is 0.132. The summed E-state index contributed by atoms with van der Waals surface area (Å²) >= 11 is 0. The Morgan fingerprint density at radius 2 is 1.90 bits per heavy atom. The molecule has 4 nitrogen and oxygen atoms in total. The molecule has 1 aromatic rings. The van der Waals surface area contributed by atoms with Crippen molar-refractivity contribution in [3.8, 4) is 0 Å². The van der Waals surface area contributed by atoms with Crippen LogP contribution in [0.5, 0.6) is 0 Å². The lowest BCUT2D eigenvalue weighted by atomic mass is 9.92. The van der Waals surface area contributed by atoms with E-state index in [2.05, 4.69) is 4.98 Å². The molecule has 0 spiro atoms. The second-order valence-electron chi connectivity index (χ2n) is 6.09. The molecule has 0 aromatic carbocycles. The van der Waals surface area contributed by atoms with Crippen molar-refractivity contribution in [1.29, 1.82) is 0 Å². The van der Waals surface area contributed by atoms with Gasteiger partial charge in [-0.25, -0.2) is 4.79 Å². The first-order valence-corrected chi connectivity index (χ1v) is 6.56. The van der Waals surface area contributed by atoms with Crippen LogP contribution in [0.25, 0.3) is 0 Å². The van der Waals surface area contributed by atoms with Crippen LogP contribution in [0.15, 0.2) is 18.5 Å². The Balaban J connectivity index is 1.97. The van der Waals surface area contributed by atoms with Crippen molar-refractivity contribution in [3.05, 3.63) is 29.6 Å². The summed E-state index contributed by atoms with van der Waals surface area (Å²) in [6.45, 7) is 5.98. The SMILES string of the molecule is CC(C)(C)OC(=O)N1CC(c2cncc(C(F)(F)F)c2)C1. The zero-order chi connectivity index (χ0) is 15.8. The van der Waals surface area contributed by atoms with E-state index in [1.807, 2.05) is 0 Å². The average molecular weight is 302 g/mol. The van der Waals surface area contributed by atoms with E-state index in [1.165, 1.54) is 11.1 Å². The predicted molar refractivity (Wildman–Crippen MR) is 69.8 cm³/mol. The van der Waals surface area contributed by atoms with E-state index in [1.54, 1.807) is 20.8 Å². The molecule has 0 aliphatic carbocycles. The lowest BCUT2D eigenvalue weighted by molar-refractivity contribution is -0.137. The van der Waals surface area contributed by atoms with Gasteiger partial charge in [-0.2, -0.15) is 13.2 Å². The highest BCUT2D eigenvalue weighted by molar-refractivity contribution is 5.69. The summed E-state index contributed by atoms with van der Waals surface area (Å²) in [5.41, 5.74) is -0.861. The third-order valence-corrected chi connectivity index (χ3v) is 3.09. The fraction of sp³-hybridized carbons (Fsp3) is 0.571. The Labute approximate surface area is 120 Å². The first-order valence-electron chi connectivity index (χ1n) is 6.56. The van der Waals surface area contributed by atoms with Crippen LogP contribution < -0.4 is 0 Å². The highest BCUT2D eigenvalue weighted by Crippen LogP contribution is 2.33. The van der Waals surface area contributed by atoms with Crippen molar-refractivity contribution in [2.24, 2.45) is 0 Å². The molecule has 0 N–H and O–H groups in total. The molecule has 116 valence electrons. The van der Waals surface area contributed by atoms with Crippen LogP contribution in [0.4, 0.5) is 18.0 Å². The van der Waals surface area contributed by atoms with Gasteiger partial charge in [0.15, 0.2) is 0 Å². The summed E-state index contributed by atoms with van der Waals surface area (Å²) in [5.74, 6) is -0.132. The maximum absolute atomic E-state index is 12.6. The summed E-state index contributed by atoms with van der Waals surface area (Å²) in [6, 6.07) is 1.09. The van der Waals surface area contributed by atoms with Crippen LogP contribution in [0.2, 0.25) is 0 Å². The lowest BCUT2D eigenvalue weighted by Crippen LogP contribution is -2.50. The summed E-state index contributed by atoms with van der Waals surface area (Å²) in [5, 5.41) is 0. The van der Waals surface area contributed by atoms with Crippen molar-refractivity contribution >= 4 is 6.09 Å². The number of halogens is 3. The van der Waals surface area contributed by atoms with E-state index in [-0.39, 0.29) is 5.92 Å². The summed E-state index contributed by atoms with van der Waals surface area (Å²) in [4.78, 5) is 16.8. The fourth-order valence-corrected chi connectivity index (χ4v) is 2.00. The molecule has 1 amide bonds. The molecular weight excluding hydrogens is 285 g/mol. The minimum Gasteiger partial charge on any atom is -0.444 e. The molecule has 7 heteroatoms. The third kappa shape index (κ3) is 3.86. The number of pyridine rings is 1. The van der Waals surface area contributed by atoms with Crippen LogP contribution in [-0.4, -0.2) is 34.7 Å². The van der Waals surface area contributed by atoms with Crippen molar-refractivity contribution < 1.29 is 22.7 Å². The highest BCUT2D eigenvalue weighted by atomic mass is 19.4. The molecule has 0 radical (unpaired) electrons. The maximum atomic E-state index is 12.6. The van der Waals surface area contributed by atoms with Crippen LogP contribution >= 0.6 is 0 Å². The molecule has 0 saturated carbocycles. The van der Waals surface area contributed by atoms with E-state index in [0.29, 0.717) is 18.7 Å². The molecule has 2 heterocycles. The van der Waals surface area contributed by atoms with Gasteiger partial charge < -0.3 is 9.64 Å². The number of nitrogens with zero attached hydrogens (tertiary/aromatic N) is 2. The Hall–Kier alpha value is -1.79. The Bertz CT molecular complexity index is 532. The van der Waals surface area contributed by atoms with Gasteiger partial charge in [-0.15, -0.1) is 0 Å². The van der Waals surface area contributed by atoms with Crippen LogP contribution in [-0.2, 0) is 10.9 Å². The number of carbonyl (C=O) groups excluding carboxylic acids is 1. The van der Waals surface area contributed by atoms with Gasteiger partial charge in [0.1, 0.15) is 5.60 Å². The first-order chi connectivity index (χ1) is 9.56. The monoisotopic (exact) mass is 302 g/mol. The number of alkyl halides is 3. The van der Waals surface area contributed by atoms with Crippen molar-refractivity contribution in [2.45, 2.75) is 38.5 Å². The quantitative estimate of drug-likeness (QED) is 0.798. The molecule has 0 atom stereocenters. The zero-order valence-electron chi connectivity index (χ0n) is 12.1. The number of likely N-dealkylation sites (tertiary alicyclic amines) is 1. The van der Waals surface area contributed by atoms with E-state index in [4.69, 9.17) is 4.74 Å². The normalized spacial score (nSPS) is 16.6. The van der Waals surface area contributed by atoms with Crippen LogP contribution in [0.3, 0.4) is 0 Å². The topological polar surface area (TPSA) is 42.4 Å². The van der Waals surface area contributed by atoms with Gasteiger partial charge in [-0.1, -0.05) is 0 Å². The molecule has 1 aliphatic heterocycles. The number of hydrogen-bond donors (Lipinski definition) is 0. The second-order valence-corrected chi connectivity index (χ2v) is 6.09. The maximum Gasteiger partial charge on any atom is 0.417 e. The van der Waals surface area contributed by atoms with Gasteiger partial charge in [0.2, 0.25) is 0 Å². The number of rotatable bonds is 1. The summed E-state index contributed by atoms with van der Waals surface area (Å²) < 4.78 is 43.1. The van der Waals surface area contributed by atoms with Crippen molar-refractivity contribution in [3.63, 3.8) is 0 Å². The molecular formula is C14H17F3N2O2. The molecule has 1 aromatic heterocycles. The van der Waals surface area contributed by atoms with Gasteiger partial charge in [0.25, 0.3) is 0 Å². The van der Waals surface area contributed by atoms with Crippen molar-refractivity contribution in [1.82, 2.24) is 9.88 Å². The smallest absolute Gasteiger partial charge is 0.417 e. The highest BCUT2D eigenvalue weighted by Gasteiger charge is 2.36. The van der Waals surface area contributed by atoms with E-state index in [0.717, 1.165) is 12.3 Å².